The van der Waals surface area contributed by atoms with Gasteiger partial charge in [0, 0.05) is 28.5 Å². The molecule has 8 nitrogen and oxygen atoms in total. The second-order valence-corrected chi connectivity index (χ2v) is 10.1. The van der Waals surface area contributed by atoms with Crippen molar-refractivity contribution in [2.75, 3.05) is 13.7 Å². The van der Waals surface area contributed by atoms with E-state index in [0.29, 0.717) is 40.8 Å². The van der Waals surface area contributed by atoms with Crippen molar-refractivity contribution in [3.8, 4) is 5.75 Å². The monoisotopic (exact) mass is 568 g/mol. The summed E-state index contributed by atoms with van der Waals surface area (Å²) in [6.07, 6.45) is 7.16. The highest BCUT2D eigenvalue weighted by molar-refractivity contribution is 7.98. The number of aliphatic imine (C=N–C) groups is 1. The Kier molecular flexibility index (Phi) is 10.0. The fraction of sp³-hybridized carbons (Fsp3) is 0.250. The van der Waals surface area contributed by atoms with Crippen LogP contribution in [-0.4, -0.2) is 35.7 Å². The Morgan fingerprint density at radius 3 is 2.85 bits per heavy atom. The molecule has 0 saturated carbocycles. The summed E-state index contributed by atoms with van der Waals surface area (Å²) in [5.74, 6) is 0.139. The minimum absolute atomic E-state index is 0.242. The number of hydrogen-bond donors (Lipinski definition) is 3. The average molecular weight is 569 g/mol. The van der Waals surface area contributed by atoms with E-state index in [1.807, 2.05) is 30.3 Å². The van der Waals surface area contributed by atoms with Crippen LogP contribution in [0.5, 0.6) is 5.75 Å². The number of allylic oxidation sites excluding steroid dienone is 2. The highest BCUT2D eigenvalue weighted by Crippen LogP contribution is 2.34. The maximum Gasteiger partial charge on any atom is 0.325 e. The van der Waals surface area contributed by atoms with Gasteiger partial charge in [-0.1, -0.05) is 41.9 Å². The third kappa shape index (κ3) is 7.64. The zero-order valence-corrected chi connectivity index (χ0v) is 23.1. The highest BCUT2D eigenvalue weighted by atomic mass is 35.5. The molecule has 2 aromatic carbocycles. The van der Waals surface area contributed by atoms with Gasteiger partial charge in [-0.3, -0.25) is 14.4 Å². The Labute approximate surface area is 236 Å². The smallest absolute Gasteiger partial charge is 0.325 e. The van der Waals surface area contributed by atoms with E-state index in [0.717, 1.165) is 47.2 Å². The Bertz CT molecular complexity index is 1390. The molecule has 1 aliphatic rings. The van der Waals surface area contributed by atoms with Gasteiger partial charge in [-0.05, 0) is 60.5 Å². The van der Waals surface area contributed by atoms with Crippen molar-refractivity contribution in [3.05, 3.63) is 94.2 Å². The van der Waals surface area contributed by atoms with Gasteiger partial charge in [0.2, 0.25) is 0 Å². The number of aromatic nitrogens is 2. The average Bonchev–Trinajstić information content (AvgIpc) is 3.37. The number of nitrogens with zero attached hydrogens (tertiary/aromatic N) is 3. The quantitative estimate of drug-likeness (QED) is 0.215. The lowest BCUT2D eigenvalue weighted by molar-refractivity contribution is 0.246. The Hall–Kier alpha value is -3.76. The molecule has 0 spiro atoms. The standard InChI is InChI=1S/C28H30ClFN6O2S/c1-38-26-11-10-22(12-24(26)29)39-35-28(37)33-17-25(30)23-9-5-8-21-16-34-36(27(21)23)18-20(13-31)15-32-14-19-6-3-2-4-7-19/h2-4,6-7,10-13,15-16H,5,8-9,14,17-18,31H2,1H3,(H2,33,35,37)/b20-13?,25-23-,32-15?. The number of nitrogens with one attached hydrogen (secondary N) is 2. The predicted molar refractivity (Wildman–Crippen MR) is 154 cm³/mol. The minimum atomic E-state index is -0.518. The minimum Gasteiger partial charge on any atom is -0.495 e. The first-order chi connectivity index (χ1) is 19.0. The number of amides is 2. The number of benzene rings is 2. The van der Waals surface area contributed by atoms with Crippen molar-refractivity contribution in [3.63, 3.8) is 0 Å². The molecule has 0 bridgehead atoms. The van der Waals surface area contributed by atoms with Crippen LogP contribution < -0.4 is 20.5 Å². The van der Waals surface area contributed by atoms with Crippen LogP contribution >= 0.6 is 23.5 Å². The molecular weight excluding hydrogens is 539 g/mol. The van der Waals surface area contributed by atoms with Crippen LogP contribution in [0.1, 0.15) is 29.7 Å². The van der Waals surface area contributed by atoms with Crippen LogP contribution in [0.4, 0.5) is 9.18 Å². The summed E-state index contributed by atoms with van der Waals surface area (Å²) in [5.41, 5.74) is 9.97. The summed E-state index contributed by atoms with van der Waals surface area (Å²) in [6.45, 7) is 0.649. The molecular formula is C28H30ClFN6O2S. The van der Waals surface area contributed by atoms with E-state index in [2.05, 4.69) is 20.1 Å². The zero-order valence-electron chi connectivity index (χ0n) is 21.5. The van der Waals surface area contributed by atoms with E-state index >= 15 is 4.39 Å². The fourth-order valence-electron chi connectivity index (χ4n) is 4.19. The fourth-order valence-corrected chi connectivity index (χ4v) is 5.11. The number of ether oxygens (including phenoxy) is 1. The lowest BCUT2D eigenvalue weighted by atomic mass is 9.92. The van der Waals surface area contributed by atoms with Crippen LogP contribution in [-0.2, 0) is 19.5 Å². The summed E-state index contributed by atoms with van der Waals surface area (Å²) in [4.78, 5) is 17.5. The topological polar surface area (TPSA) is 107 Å². The van der Waals surface area contributed by atoms with Crippen molar-refractivity contribution < 1.29 is 13.9 Å². The molecule has 0 saturated heterocycles. The molecule has 1 heterocycles. The molecule has 3 aromatic rings. The van der Waals surface area contributed by atoms with Gasteiger partial charge in [-0.15, -0.1) is 0 Å². The third-order valence-electron chi connectivity index (χ3n) is 6.11. The maximum absolute atomic E-state index is 15.4. The van der Waals surface area contributed by atoms with E-state index in [1.54, 1.807) is 35.3 Å². The van der Waals surface area contributed by atoms with Gasteiger partial charge in [0.1, 0.15) is 11.6 Å². The largest absolute Gasteiger partial charge is 0.495 e. The zero-order chi connectivity index (χ0) is 27.6. The summed E-state index contributed by atoms with van der Waals surface area (Å²) < 4.78 is 24.9. The van der Waals surface area contributed by atoms with Crippen molar-refractivity contribution in [2.24, 2.45) is 10.7 Å². The Morgan fingerprint density at radius 2 is 2.10 bits per heavy atom. The molecule has 0 atom stereocenters. The second kappa shape index (κ2) is 13.9. The number of carbonyl (C=O) groups excluding carboxylic acids is 1. The third-order valence-corrected chi connectivity index (χ3v) is 7.18. The van der Waals surface area contributed by atoms with E-state index in [1.165, 1.54) is 13.3 Å². The Morgan fingerprint density at radius 1 is 1.28 bits per heavy atom. The van der Waals surface area contributed by atoms with E-state index < -0.39 is 11.9 Å². The van der Waals surface area contributed by atoms with Gasteiger partial charge in [-0.2, -0.15) is 5.10 Å². The first-order valence-corrected chi connectivity index (χ1v) is 13.6. The molecule has 2 amide bonds. The van der Waals surface area contributed by atoms with Crippen molar-refractivity contribution in [2.45, 2.75) is 37.2 Å². The molecule has 4 rings (SSSR count). The lowest BCUT2D eigenvalue weighted by Crippen LogP contribution is -2.32. The molecule has 1 aromatic heterocycles. The van der Waals surface area contributed by atoms with E-state index in [9.17, 15) is 4.79 Å². The van der Waals surface area contributed by atoms with Gasteiger partial charge in [0.05, 0.1) is 43.7 Å². The van der Waals surface area contributed by atoms with Crippen molar-refractivity contribution in [1.82, 2.24) is 19.8 Å². The number of hydrogen-bond acceptors (Lipinski definition) is 6. The summed E-state index contributed by atoms with van der Waals surface area (Å²) >= 11 is 7.19. The van der Waals surface area contributed by atoms with Crippen LogP contribution in [0, 0.1) is 0 Å². The number of nitrogens with two attached hydrogens (primary N) is 1. The van der Waals surface area contributed by atoms with Crippen molar-refractivity contribution in [1.29, 1.82) is 0 Å². The summed E-state index contributed by atoms with van der Waals surface area (Å²) in [5, 5.41) is 7.51. The molecule has 204 valence electrons. The summed E-state index contributed by atoms with van der Waals surface area (Å²) in [7, 11) is 1.53. The predicted octanol–water partition coefficient (Wildman–Crippen LogP) is 5.68. The maximum atomic E-state index is 15.4. The number of carbonyl (C=O) groups is 1. The Balaban J connectivity index is 1.38. The van der Waals surface area contributed by atoms with Gasteiger partial charge < -0.3 is 15.8 Å². The van der Waals surface area contributed by atoms with Gasteiger partial charge in [0.25, 0.3) is 0 Å². The normalized spacial score (nSPS) is 14.7. The number of urea groups is 1. The first kappa shape index (κ1) is 28.3. The SMILES string of the molecule is COc1ccc(SNC(=O)NC/C(F)=C2\CCCc3cnn(CC(C=NCc4ccccc4)=CN)c32)cc1Cl. The molecule has 11 heteroatoms. The van der Waals surface area contributed by atoms with Gasteiger partial charge in [0.15, 0.2) is 0 Å². The first-order valence-electron chi connectivity index (χ1n) is 12.4. The van der Waals surface area contributed by atoms with Crippen molar-refractivity contribution >= 4 is 41.4 Å². The number of methoxy groups -OCH3 is 1. The number of fused-ring (bicyclic) bond motifs is 1. The molecule has 0 aliphatic heterocycles. The molecule has 4 N–H and O–H groups in total. The molecule has 0 fully saturated rings. The summed E-state index contributed by atoms with van der Waals surface area (Å²) in [6, 6.07) is 14.5. The number of halogens is 2. The van der Waals surface area contributed by atoms with E-state index in [-0.39, 0.29) is 6.54 Å². The molecule has 0 radical (unpaired) electrons. The molecule has 1 aliphatic carbocycles. The van der Waals surface area contributed by atoms with Gasteiger partial charge >= 0.3 is 6.03 Å². The number of rotatable bonds is 10. The van der Waals surface area contributed by atoms with Crippen LogP contribution in [0.25, 0.3) is 5.57 Å². The number of aryl methyl sites for hydroxylation is 1. The van der Waals surface area contributed by atoms with Crippen LogP contribution in [0.3, 0.4) is 0 Å². The lowest BCUT2D eigenvalue weighted by Gasteiger charge is -2.19. The second-order valence-electron chi connectivity index (χ2n) is 8.79. The van der Waals surface area contributed by atoms with Crippen LogP contribution in [0.2, 0.25) is 5.02 Å². The van der Waals surface area contributed by atoms with Crippen LogP contribution in [0.15, 0.2) is 82.2 Å². The van der Waals surface area contributed by atoms with Gasteiger partial charge in [-0.25, -0.2) is 9.18 Å². The molecule has 39 heavy (non-hydrogen) atoms. The molecule has 0 unspecified atom stereocenters. The highest BCUT2D eigenvalue weighted by Gasteiger charge is 2.23. The van der Waals surface area contributed by atoms with E-state index in [4.69, 9.17) is 22.1 Å².